The number of rotatable bonds is 4. The van der Waals surface area contributed by atoms with E-state index in [1.165, 1.54) is 11.1 Å². The van der Waals surface area contributed by atoms with Gasteiger partial charge in [-0.15, -0.1) is 59.7 Å². The number of benzene rings is 3. The summed E-state index contributed by atoms with van der Waals surface area (Å²) in [5.74, 6) is 0. The number of aryl methyl sites for hydroxylation is 2. The fourth-order valence-corrected chi connectivity index (χ4v) is 2.00. The first-order chi connectivity index (χ1) is 11.7. The van der Waals surface area contributed by atoms with Crippen LogP contribution < -0.4 is 0 Å². The minimum Gasteiger partial charge on any atom is -0.395 e. The summed E-state index contributed by atoms with van der Waals surface area (Å²) >= 11 is 0. The Morgan fingerprint density at radius 3 is 1.27 bits per heavy atom. The Morgan fingerprint density at radius 2 is 0.962 bits per heavy atom. The van der Waals surface area contributed by atoms with Crippen molar-refractivity contribution < 1.29 is 65.4 Å². The van der Waals surface area contributed by atoms with E-state index in [-0.39, 0.29) is 65.4 Å². The molecule has 0 unspecified atom stereocenters. The van der Waals surface area contributed by atoms with Gasteiger partial charge in [-0.05, 0) is 26.3 Å². The normalized spacial score (nSPS) is 10.5. The average molecular weight is 486 g/mol. The summed E-state index contributed by atoms with van der Waals surface area (Å²) in [5, 5.41) is 0. The van der Waals surface area contributed by atoms with Crippen molar-refractivity contribution in [3.8, 4) is 0 Å². The van der Waals surface area contributed by atoms with Crippen LogP contribution in [-0.4, -0.2) is 12.4 Å². The molecule has 3 rings (SSSR count). The second-order valence-electron chi connectivity index (χ2n) is 5.53. The van der Waals surface area contributed by atoms with Crippen molar-refractivity contribution in [1.82, 2.24) is 0 Å². The van der Waals surface area contributed by atoms with Crippen LogP contribution in [-0.2, 0) is 65.4 Å². The molecule has 0 bridgehead atoms. The van der Waals surface area contributed by atoms with Crippen molar-refractivity contribution in [2.45, 2.75) is 13.8 Å². The number of nitrogens with zero attached hydrogens (tertiary/aromatic N) is 2. The molecule has 26 heavy (non-hydrogen) atoms. The van der Waals surface area contributed by atoms with Crippen LogP contribution in [0.15, 0.2) is 70.6 Å². The molecule has 0 aliphatic rings. The van der Waals surface area contributed by atoms with Gasteiger partial charge in [-0.1, -0.05) is 11.1 Å². The molecule has 0 heterocycles. The maximum atomic E-state index is 4.28. The molecular weight excluding hydrogens is 470 g/mol. The second kappa shape index (κ2) is 11.8. The van der Waals surface area contributed by atoms with Crippen LogP contribution in [0.2, 0.25) is 0 Å². The van der Waals surface area contributed by atoms with Gasteiger partial charge in [-0.2, -0.15) is 11.4 Å². The van der Waals surface area contributed by atoms with Gasteiger partial charge in [0.2, 0.25) is 0 Å². The Labute approximate surface area is 206 Å². The van der Waals surface area contributed by atoms with Crippen LogP contribution in [0.25, 0.3) is 0 Å². The number of hydrogen-bond acceptors (Lipinski definition) is 2. The van der Waals surface area contributed by atoms with Gasteiger partial charge in [0.1, 0.15) is 0 Å². The zero-order chi connectivity index (χ0) is 16.8. The van der Waals surface area contributed by atoms with Crippen molar-refractivity contribution in [2.24, 2.45) is 9.98 Å². The smallest absolute Gasteiger partial charge is 0 e. The van der Waals surface area contributed by atoms with Crippen molar-refractivity contribution >= 4 is 23.8 Å². The van der Waals surface area contributed by atoms with Gasteiger partial charge >= 0.3 is 0 Å². The summed E-state index contributed by atoms with van der Waals surface area (Å²) in [7, 11) is 0. The Morgan fingerprint density at radius 1 is 0.615 bits per heavy atom. The molecule has 0 atom stereocenters. The van der Waals surface area contributed by atoms with E-state index in [0.29, 0.717) is 11.4 Å². The Hall–Kier alpha value is -0.792. The molecule has 0 saturated carbocycles. The van der Waals surface area contributed by atoms with Crippen LogP contribution in [0, 0.1) is 26.0 Å². The summed E-state index contributed by atoms with van der Waals surface area (Å²) in [5.41, 5.74) is 5.64. The average Bonchev–Trinajstić information content (AvgIpc) is 2.62. The zero-order valence-corrected chi connectivity index (χ0v) is 20.5. The molecule has 0 N–H and O–H groups in total. The van der Waals surface area contributed by atoms with E-state index in [9.17, 15) is 0 Å². The number of hydrogen-bond donors (Lipinski definition) is 0. The Bertz CT molecular complexity index is 776. The molecule has 4 heteroatoms. The van der Waals surface area contributed by atoms with Gasteiger partial charge in [-0.3, -0.25) is 18.2 Å². The topological polar surface area (TPSA) is 24.7 Å². The van der Waals surface area contributed by atoms with Gasteiger partial charge in [0, 0.05) is 65.4 Å². The molecule has 124 valence electrons. The molecule has 0 aromatic heterocycles. The first-order valence-corrected chi connectivity index (χ1v) is 7.69. The maximum absolute atomic E-state index is 4.28. The molecule has 2 radical (unpaired) electrons. The SMILES string of the molecule is Cc1ccc([C-]=Nc2[c-]cc(N=[C-]c3ccc(C)cc3)[c-]c2)cc1.[Y].[Y]. The fourth-order valence-electron chi connectivity index (χ4n) is 2.00. The molecule has 2 nitrogen and oxygen atoms in total. The quantitative estimate of drug-likeness (QED) is 0.360. The largest absolute Gasteiger partial charge is 0.395 e. The van der Waals surface area contributed by atoms with E-state index in [1.54, 1.807) is 12.1 Å². The maximum Gasteiger partial charge on any atom is 0 e. The predicted octanol–water partition coefficient (Wildman–Crippen LogP) is 5.15. The predicted molar refractivity (Wildman–Crippen MR) is 98.9 cm³/mol. The zero-order valence-electron chi connectivity index (χ0n) is 14.8. The van der Waals surface area contributed by atoms with E-state index in [1.807, 2.05) is 48.5 Å². The molecule has 0 spiro atoms. The van der Waals surface area contributed by atoms with Crippen molar-refractivity contribution in [1.29, 1.82) is 0 Å². The summed E-state index contributed by atoms with van der Waals surface area (Å²) in [6.07, 6.45) is 6.00. The van der Waals surface area contributed by atoms with E-state index >= 15 is 0 Å². The van der Waals surface area contributed by atoms with Gasteiger partial charge in [0.05, 0.1) is 0 Å². The standard InChI is InChI=1S/C22H16N2.2Y/c1-17-3-7-19(8-4-17)15-23-21-11-13-22(14-12-21)24-16-20-9-5-18(2)6-10-20;;/h3-11,14H,1-2H3;;/q-4;;. The molecule has 0 fully saturated rings. The summed E-state index contributed by atoms with van der Waals surface area (Å²) in [6.45, 7) is 4.10. The first kappa shape index (κ1) is 23.2. The van der Waals surface area contributed by atoms with Crippen LogP contribution in [0.4, 0.5) is 11.4 Å². The molecule has 0 aliphatic heterocycles. The molecule has 3 aromatic rings. The van der Waals surface area contributed by atoms with E-state index in [4.69, 9.17) is 0 Å². The van der Waals surface area contributed by atoms with E-state index < -0.39 is 0 Å². The third-order valence-corrected chi connectivity index (χ3v) is 3.43. The minimum atomic E-state index is 0. The van der Waals surface area contributed by atoms with Crippen LogP contribution in [0.5, 0.6) is 0 Å². The Kier molecular flexibility index (Phi) is 10.6. The van der Waals surface area contributed by atoms with Gasteiger partial charge in [0.15, 0.2) is 0 Å². The van der Waals surface area contributed by atoms with Crippen molar-refractivity contribution in [2.75, 3.05) is 0 Å². The second-order valence-corrected chi connectivity index (χ2v) is 5.53. The first-order valence-electron chi connectivity index (χ1n) is 7.69. The van der Waals surface area contributed by atoms with Crippen LogP contribution >= 0.6 is 0 Å². The third kappa shape index (κ3) is 7.45. The molecule has 3 aromatic carbocycles. The van der Waals surface area contributed by atoms with Gasteiger partial charge in [0.25, 0.3) is 0 Å². The molecular formula is C22H16N2Y2-4. The van der Waals surface area contributed by atoms with Crippen LogP contribution in [0.1, 0.15) is 22.3 Å². The van der Waals surface area contributed by atoms with E-state index in [0.717, 1.165) is 11.1 Å². The van der Waals surface area contributed by atoms with E-state index in [2.05, 4.69) is 48.4 Å². The minimum absolute atomic E-state index is 0. The summed E-state index contributed by atoms with van der Waals surface area (Å²) in [4.78, 5) is 8.55. The summed E-state index contributed by atoms with van der Waals surface area (Å²) < 4.78 is 0. The number of aliphatic imine (C=N–C) groups is 2. The Balaban J connectivity index is 0.00000169. The summed E-state index contributed by atoms with van der Waals surface area (Å²) in [6, 6.07) is 25.7. The fraction of sp³-hybridized carbons (Fsp3) is 0.0909. The molecule has 0 aliphatic carbocycles. The van der Waals surface area contributed by atoms with Gasteiger partial charge in [-0.25, -0.2) is 6.07 Å². The van der Waals surface area contributed by atoms with Crippen LogP contribution in [0.3, 0.4) is 0 Å². The monoisotopic (exact) mass is 486 g/mol. The molecule has 0 saturated heterocycles. The van der Waals surface area contributed by atoms with Crippen molar-refractivity contribution in [3.05, 3.63) is 95.1 Å². The molecule has 0 amide bonds. The van der Waals surface area contributed by atoms with Gasteiger partial charge < -0.3 is 9.98 Å². The third-order valence-electron chi connectivity index (χ3n) is 3.43. The van der Waals surface area contributed by atoms with Crippen molar-refractivity contribution in [3.63, 3.8) is 0 Å².